The van der Waals surface area contributed by atoms with Gasteiger partial charge in [0.15, 0.2) is 0 Å². The van der Waals surface area contributed by atoms with Crippen LogP contribution in [-0.4, -0.2) is 83.6 Å². The molecule has 1 N–H and O–H groups in total. The second-order valence-electron chi connectivity index (χ2n) is 8.69. The standard InChI is InChI=1S/C22H34F3N3O2/c1-17(2)27-10-7-19(8-11-27)28-13-12-26(16-20(28)9-14-29)15-18-3-5-21(6-4-18)30-22(23,24)25/h3-6,17,19-20,29H,7-16H2,1-2H3. The average Bonchev–Trinajstić information content (AvgIpc) is 2.69. The summed E-state index contributed by atoms with van der Waals surface area (Å²) < 4.78 is 40.9. The maximum absolute atomic E-state index is 12.3. The minimum absolute atomic E-state index is 0.170. The number of hydrogen-bond donors (Lipinski definition) is 1. The van der Waals surface area contributed by atoms with E-state index in [1.54, 1.807) is 12.1 Å². The van der Waals surface area contributed by atoms with Crippen molar-refractivity contribution in [3.05, 3.63) is 29.8 Å². The van der Waals surface area contributed by atoms with Gasteiger partial charge in [0.2, 0.25) is 0 Å². The first-order valence-corrected chi connectivity index (χ1v) is 10.9. The molecule has 1 aromatic carbocycles. The van der Waals surface area contributed by atoms with Crippen LogP contribution >= 0.6 is 0 Å². The van der Waals surface area contributed by atoms with Crippen LogP contribution in [-0.2, 0) is 6.54 Å². The van der Waals surface area contributed by atoms with Crippen LogP contribution in [0.25, 0.3) is 0 Å². The fourth-order valence-electron chi connectivity index (χ4n) is 4.75. The third kappa shape index (κ3) is 6.57. The molecule has 2 fully saturated rings. The third-order valence-corrected chi connectivity index (χ3v) is 6.34. The minimum atomic E-state index is -4.67. The highest BCUT2D eigenvalue weighted by Crippen LogP contribution is 2.26. The topological polar surface area (TPSA) is 39.2 Å². The number of halogens is 3. The predicted octanol–water partition coefficient (Wildman–Crippen LogP) is 3.33. The summed E-state index contributed by atoms with van der Waals surface area (Å²) in [5.41, 5.74) is 0.964. The molecule has 0 amide bonds. The van der Waals surface area contributed by atoms with Crippen LogP contribution in [0, 0.1) is 0 Å². The summed E-state index contributed by atoms with van der Waals surface area (Å²) in [6.45, 7) is 10.4. The second kappa shape index (κ2) is 10.3. The molecule has 0 radical (unpaired) electrons. The molecule has 2 saturated heterocycles. The summed E-state index contributed by atoms with van der Waals surface area (Å²) >= 11 is 0. The molecule has 30 heavy (non-hydrogen) atoms. The van der Waals surface area contributed by atoms with Crippen molar-refractivity contribution in [1.29, 1.82) is 0 Å². The molecule has 1 unspecified atom stereocenters. The molecule has 2 aliphatic rings. The van der Waals surface area contributed by atoms with Crippen molar-refractivity contribution in [2.45, 2.75) is 64.1 Å². The Balaban J connectivity index is 1.55. The van der Waals surface area contributed by atoms with E-state index in [-0.39, 0.29) is 12.4 Å². The molecule has 2 heterocycles. The van der Waals surface area contributed by atoms with Gasteiger partial charge >= 0.3 is 6.36 Å². The molecule has 0 aromatic heterocycles. The molecule has 0 bridgehead atoms. The zero-order chi connectivity index (χ0) is 21.7. The van der Waals surface area contributed by atoms with Gasteiger partial charge in [-0.15, -0.1) is 13.2 Å². The number of piperidine rings is 1. The quantitative estimate of drug-likeness (QED) is 0.720. The molecule has 1 atom stereocenters. The Labute approximate surface area is 177 Å². The first kappa shape index (κ1) is 23.3. The number of hydrogen-bond acceptors (Lipinski definition) is 5. The Kier molecular flexibility index (Phi) is 8.01. The van der Waals surface area contributed by atoms with Crippen LogP contribution in [0.4, 0.5) is 13.2 Å². The Morgan fingerprint density at radius 1 is 1.07 bits per heavy atom. The highest BCUT2D eigenvalue weighted by atomic mass is 19.4. The van der Waals surface area contributed by atoms with E-state index >= 15 is 0 Å². The van der Waals surface area contributed by atoms with Crippen LogP contribution in [0.1, 0.15) is 38.7 Å². The molecule has 170 valence electrons. The lowest BCUT2D eigenvalue weighted by atomic mass is 9.97. The van der Waals surface area contributed by atoms with Crippen molar-refractivity contribution in [2.24, 2.45) is 0 Å². The maximum Gasteiger partial charge on any atom is 0.573 e. The van der Waals surface area contributed by atoms with Gasteiger partial charge in [-0.2, -0.15) is 0 Å². The fraction of sp³-hybridized carbons (Fsp3) is 0.727. The lowest BCUT2D eigenvalue weighted by Gasteiger charge is -2.48. The first-order valence-electron chi connectivity index (χ1n) is 10.9. The van der Waals surface area contributed by atoms with E-state index in [4.69, 9.17) is 0 Å². The van der Waals surface area contributed by atoms with Gasteiger partial charge in [-0.05, 0) is 63.9 Å². The Hall–Kier alpha value is -1.35. The summed E-state index contributed by atoms with van der Waals surface area (Å²) in [6, 6.07) is 7.58. The van der Waals surface area contributed by atoms with E-state index in [0.29, 0.717) is 24.7 Å². The molecular weight excluding hydrogens is 395 g/mol. The molecule has 0 spiro atoms. The van der Waals surface area contributed by atoms with Gasteiger partial charge in [-0.3, -0.25) is 9.80 Å². The number of aliphatic hydroxyl groups excluding tert-OH is 1. The highest BCUT2D eigenvalue weighted by Gasteiger charge is 2.34. The number of ether oxygens (including phenoxy) is 1. The SMILES string of the molecule is CC(C)N1CCC(N2CCN(Cc3ccc(OC(F)(F)F)cc3)CC2CCO)CC1. The number of aliphatic hydroxyl groups is 1. The molecule has 8 heteroatoms. The van der Waals surface area contributed by atoms with E-state index < -0.39 is 6.36 Å². The van der Waals surface area contributed by atoms with E-state index in [0.717, 1.165) is 44.7 Å². The Bertz CT molecular complexity index is 646. The van der Waals surface area contributed by atoms with Crippen LogP contribution in [0.5, 0.6) is 5.75 Å². The third-order valence-electron chi connectivity index (χ3n) is 6.34. The number of likely N-dealkylation sites (tertiary alicyclic amines) is 1. The number of piperazine rings is 1. The van der Waals surface area contributed by atoms with Crippen molar-refractivity contribution < 1.29 is 23.0 Å². The summed E-state index contributed by atoms with van der Waals surface area (Å²) in [5.74, 6) is -0.193. The molecule has 0 saturated carbocycles. The maximum atomic E-state index is 12.3. The molecular formula is C22H34F3N3O2. The minimum Gasteiger partial charge on any atom is -0.406 e. The Morgan fingerprint density at radius 3 is 2.30 bits per heavy atom. The van der Waals surface area contributed by atoms with Crippen LogP contribution in [0.3, 0.4) is 0 Å². The van der Waals surface area contributed by atoms with Crippen molar-refractivity contribution in [1.82, 2.24) is 14.7 Å². The van der Waals surface area contributed by atoms with Gasteiger partial charge in [-0.25, -0.2) is 0 Å². The average molecular weight is 430 g/mol. The van der Waals surface area contributed by atoms with Crippen molar-refractivity contribution >= 4 is 0 Å². The Morgan fingerprint density at radius 2 is 1.73 bits per heavy atom. The largest absolute Gasteiger partial charge is 0.573 e. The van der Waals surface area contributed by atoms with Gasteiger partial charge in [0.1, 0.15) is 5.75 Å². The van der Waals surface area contributed by atoms with E-state index in [1.165, 1.54) is 25.0 Å². The summed E-state index contributed by atoms with van der Waals surface area (Å²) in [7, 11) is 0. The first-order chi connectivity index (χ1) is 14.2. The van der Waals surface area contributed by atoms with E-state index in [1.807, 2.05) is 0 Å². The lowest BCUT2D eigenvalue weighted by Crippen LogP contribution is -2.58. The van der Waals surface area contributed by atoms with Gasteiger partial charge in [0, 0.05) is 50.9 Å². The van der Waals surface area contributed by atoms with Gasteiger partial charge in [0.25, 0.3) is 0 Å². The van der Waals surface area contributed by atoms with Crippen molar-refractivity contribution in [3.63, 3.8) is 0 Å². The van der Waals surface area contributed by atoms with Crippen LogP contribution in [0.2, 0.25) is 0 Å². The molecule has 5 nitrogen and oxygen atoms in total. The fourth-order valence-corrected chi connectivity index (χ4v) is 4.75. The number of nitrogens with zero attached hydrogens (tertiary/aromatic N) is 3. The molecule has 3 rings (SSSR count). The summed E-state index contributed by atoms with van der Waals surface area (Å²) in [6.07, 6.45) is -1.58. The predicted molar refractivity (Wildman–Crippen MR) is 110 cm³/mol. The normalized spacial score (nSPS) is 23.2. The van der Waals surface area contributed by atoms with Crippen molar-refractivity contribution in [3.8, 4) is 5.75 Å². The van der Waals surface area contributed by atoms with Crippen LogP contribution < -0.4 is 4.74 Å². The molecule has 2 aliphatic heterocycles. The summed E-state index contributed by atoms with van der Waals surface area (Å²) in [5, 5.41) is 9.59. The molecule has 1 aromatic rings. The van der Waals surface area contributed by atoms with E-state index in [9.17, 15) is 18.3 Å². The smallest absolute Gasteiger partial charge is 0.406 e. The number of benzene rings is 1. The number of alkyl halides is 3. The lowest BCUT2D eigenvalue weighted by molar-refractivity contribution is -0.274. The van der Waals surface area contributed by atoms with Gasteiger partial charge < -0.3 is 14.7 Å². The monoisotopic (exact) mass is 429 g/mol. The van der Waals surface area contributed by atoms with E-state index in [2.05, 4.69) is 33.3 Å². The molecule has 0 aliphatic carbocycles. The second-order valence-corrected chi connectivity index (χ2v) is 8.69. The van der Waals surface area contributed by atoms with Gasteiger partial charge in [0.05, 0.1) is 0 Å². The van der Waals surface area contributed by atoms with Crippen molar-refractivity contribution in [2.75, 3.05) is 39.3 Å². The highest BCUT2D eigenvalue weighted by molar-refractivity contribution is 5.27. The van der Waals surface area contributed by atoms with Gasteiger partial charge in [-0.1, -0.05) is 12.1 Å². The van der Waals surface area contributed by atoms with Crippen LogP contribution in [0.15, 0.2) is 24.3 Å². The summed E-state index contributed by atoms with van der Waals surface area (Å²) in [4.78, 5) is 7.45. The zero-order valence-corrected chi connectivity index (χ0v) is 17.9. The number of rotatable bonds is 7. The zero-order valence-electron chi connectivity index (χ0n) is 17.9.